The summed E-state index contributed by atoms with van der Waals surface area (Å²) >= 11 is 0. The lowest BCUT2D eigenvalue weighted by molar-refractivity contribution is 0.169. The molecule has 4 nitrogen and oxygen atoms in total. The molecule has 0 aliphatic carbocycles. The maximum Gasteiger partial charge on any atom is 0.178 e. The first kappa shape index (κ1) is 14.9. The zero-order chi connectivity index (χ0) is 15.0. The van der Waals surface area contributed by atoms with Gasteiger partial charge in [0.25, 0.3) is 0 Å². The highest BCUT2D eigenvalue weighted by Crippen LogP contribution is 2.35. The molecule has 2 aliphatic rings. The van der Waals surface area contributed by atoms with E-state index in [1.165, 1.54) is 25.7 Å². The number of nitrogens with one attached hydrogen (secondary N) is 1. The van der Waals surface area contributed by atoms with Crippen LogP contribution in [0, 0.1) is 0 Å². The fraction of sp³-hybridized carbons (Fsp3) is 0.625. The number of rotatable bonds is 4. The lowest BCUT2D eigenvalue weighted by Crippen LogP contribution is -2.44. The highest BCUT2D eigenvalue weighted by atomic mass is 32.2. The van der Waals surface area contributed by atoms with Crippen molar-refractivity contribution >= 4 is 15.5 Å². The van der Waals surface area contributed by atoms with Crippen LogP contribution in [0.15, 0.2) is 29.2 Å². The predicted molar refractivity (Wildman–Crippen MR) is 85.4 cm³/mol. The Morgan fingerprint density at radius 2 is 1.71 bits per heavy atom. The third-order valence-electron chi connectivity index (χ3n) is 5.06. The molecular formula is C16H24N2O2S. The number of anilines is 1. The molecule has 3 rings (SSSR count). The van der Waals surface area contributed by atoms with E-state index in [-0.39, 0.29) is 5.75 Å². The number of benzene rings is 1. The minimum absolute atomic E-state index is 0.151. The van der Waals surface area contributed by atoms with Gasteiger partial charge in [0.1, 0.15) is 0 Å². The highest BCUT2D eigenvalue weighted by molar-refractivity contribution is 7.91. The van der Waals surface area contributed by atoms with Crippen molar-refractivity contribution in [3.05, 3.63) is 24.3 Å². The number of piperidine rings is 1. The Balaban J connectivity index is 1.67. The first-order chi connectivity index (χ1) is 9.99. The van der Waals surface area contributed by atoms with Crippen LogP contribution < -0.4 is 5.32 Å². The van der Waals surface area contributed by atoms with E-state index < -0.39 is 9.84 Å². The number of hydrogen-bond donors (Lipinski definition) is 1. The van der Waals surface area contributed by atoms with Gasteiger partial charge in [0.2, 0.25) is 0 Å². The van der Waals surface area contributed by atoms with E-state index in [9.17, 15) is 8.42 Å². The van der Waals surface area contributed by atoms with Crippen LogP contribution in [-0.2, 0) is 9.84 Å². The average molecular weight is 308 g/mol. The minimum atomic E-state index is -3.10. The molecular weight excluding hydrogens is 284 g/mol. The van der Waals surface area contributed by atoms with E-state index in [2.05, 4.69) is 17.3 Å². The second-order valence-electron chi connectivity index (χ2n) is 6.29. The first-order valence-electron chi connectivity index (χ1n) is 7.81. The van der Waals surface area contributed by atoms with Gasteiger partial charge in [-0.1, -0.05) is 6.92 Å². The maximum atomic E-state index is 11.8. The van der Waals surface area contributed by atoms with Crippen molar-refractivity contribution in [2.75, 3.05) is 18.1 Å². The van der Waals surface area contributed by atoms with Crippen LogP contribution in [0.3, 0.4) is 0 Å². The molecule has 2 saturated heterocycles. The Bertz CT molecular complexity index is 583. The highest BCUT2D eigenvalue weighted by Gasteiger charge is 2.38. The molecule has 2 unspecified atom stereocenters. The van der Waals surface area contributed by atoms with Gasteiger partial charge in [0.15, 0.2) is 9.84 Å². The number of hydrogen-bond acceptors (Lipinski definition) is 4. The van der Waals surface area contributed by atoms with E-state index in [1.54, 1.807) is 19.1 Å². The summed E-state index contributed by atoms with van der Waals surface area (Å²) in [6.07, 6.45) is 4.99. The van der Waals surface area contributed by atoms with Crippen LogP contribution in [0.1, 0.15) is 32.6 Å². The number of fused-ring (bicyclic) bond motifs is 2. The summed E-state index contributed by atoms with van der Waals surface area (Å²) in [5, 5.41) is 3.58. The van der Waals surface area contributed by atoms with Gasteiger partial charge in [-0.15, -0.1) is 0 Å². The molecule has 0 spiro atoms. The average Bonchev–Trinajstić information content (AvgIpc) is 2.70. The molecule has 116 valence electrons. The van der Waals surface area contributed by atoms with Crippen molar-refractivity contribution in [1.29, 1.82) is 0 Å². The zero-order valence-electron chi connectivity index (χ0n) is 12.7. The van der Waals surface area contributed by atoms with E-state index in [4.69, 9.17) is 0 Å². The smallest absolute Gasteiger partial charge is 0.178 e. The molecule has 2 fully saturated rings. The molecule has 21 heavy (non-hydrogen) atoms. The normalized spacial score (nSPS) is 29.5. The van der Waals surface area contributed by atoms with Gasteiger partial charge < -0.3 is 10.2 Å². The molecule has 0 amide bonds. The van der Waals surface area contributed by atoms with Gasteiger partial charge in [-0.3, -0.25) is 0 Å². The quantitative estimate of drug-likeness (QED) is 0.928. The van der Waals surface area contributed by atoms with Gasteiger partial charge in [0.05, 0.1) is 10.6 Å². The summed E-state index contributed by atoms with van der Waals surface area (Å²) < 4.78 is 23.6. The van der Waals surface area contributed by atoms with Crippen molar-refractivity contribution < 1.29 is 8.42 Å². The summed E-state index contributed by atoms with van der Waals surface area (Å²) in [7, 11) is -0.858. The monoisotopic (exact) mass is 308 g/mol. The predicted octanol–water partition coefficient (Wildman–Crippen LogP) is 2.52. The molecule has 2 aliphatic heterocycles. The Labute approximate surface area is 127 Å². The second-order valence-corrected chi connectivity index (χ2v) is 8.57. The van der Waals surface area contributed by atoms with Gasteiger partial charge in [0, 0.05) is 23.8 Å². The van der Waals surface area contributed by atoms with Crippen LogP contribution in [0.4, 0.5) is 5.69 Å². The van der Waals surface area contributed by atoms with Crippen molar-refractivity contribution in [1.82, 2.24) is 4.90 Å². The van der Waals surface area contributed by atoms with Crippen LogP contribution in [0.5, 0.6) is 0 Å². The summed E-state index contributed by atoms with van der Waals surface area (Å²) in [6.45, 7) is 1.68. The Kier molecular flexibility index (Phi) is 3.97. The second kappa shape index (κ2) is 5.61. The molecule has 2 atom stereocenters. The molecule has 0 aromatic heterocycles. The summed E-state index contributed by atoms with van der Waals surface area (Å²) in [5.74, 6) is 0.151. The fourth-order valence-corrected chi connectivity index (χ4v) is 4.57. The fourth-order valence-electron chi connectivity index (χ4n) is 3.69. The molecule has 1 N–H and O–H groups in total. The van der Waals surface area contributed by atoms with Gasteiger partial charge in [-0.25, -0.2) is 8.42 Å². The van der Waals surface area contributed by atoms with Gasteiger partial charge in [-0.2, -0.15) is 0 Å². The Hall–Kier alpha value is -1.07. The molecule has 1 aromatic carbocycles. The summed E-state index contributed by atoms with van der Waals surface area (Å²) in [6, 6.07) is 9.13. The van der Waals surface area contributed by atoms with Crippen LogP contribution in [0.25, 0.3) is 0 Å². The van der Waals surface area contributed by atoms with Gasteiger partial charge >= 0.3 is 0 Å². The van der Waals surface area contributed by atoms with Crippen molar-refractivity contribution in [3.63, 3.8) is 0 Å². The van der Waals surface area contributed by atoms with Crippen molar-refractivity contribution in [3.8, 4) is 0 Å². The molecule has 1 aromatic rings. The first-order valence-corrected chi connectivity index (χ1v) is 9.46. The molecule has 5 heteroatoms. The third kappa shape index (κ3) is 2.94. The Morgan fingerprint density at radius 3 is 2.24 bits per heavy atom. The van der Waals surface area contributed by atoms with Crippen molar-refractivity contribution in [2.24, 2.45) is 0 Å². The van der Waals surface area contributed by atoms with Crippen LogP contribution in [-0.4, -0.2) is 44.2 Å². The summed E-state index contributed by atoms with van der Waals surface area (Å²) in [5.41, 5.74) is 1.03. The number of sulfone groups is 1. The van der Waals surface area contributed by atoms with E-state index >= 15 is 0 Å². The van der Waals surface area contributed by atoms with Gasteiger partial charge in [-0.05, 0) is 57.0 Å². The van der Waals surface area contributed by atoms with E-state index in [0.717, 1.165) is 5.69 Å². The minimum Gasteiger partial charge on any atom is -0.382 e. The molecule has 0 radical (unpaired) electrons. The largest absolute Gasteiger partial charge is 0.382 e. The lowest BCUT2D eigenvalue weighted by Gasteiger charge is -2.37. The zero-order valence-corrected chi connectivity index (χ0v) is 13.6. The lowest BCUT2D eigenvalue weighted by atomic mass is 9.98. The SMILES string of the molecule is CCS(=O)(=O)c1ccc(NC2CC3CCC(C2)N3C)cc1. The summed E-state index contributed by atoms with van der Waals surface area (Å²) in [4.78, 5) is 2.94. The van der Waals surface area contributed by atoms with Crippen LogP contribution in [0.2, 0.25) is 0 Å². The molecule has 2 heterocycles. The maximum absolute atomic E-state index is 11.8. The standard InChI is InChI=1S/C16H24N2O2S/c1-3-21(19,20)16-8-4-12(5-9-16)17-13-10-14-6-7-15(11-13)18(14)2/h4-5,8-9,13-15,17H,3,6-7,10-11H2,1-2H3. The van der Waals surface area contributed by atoms with Crippen molar-refractivity contribution in [2.45, 2.75) is 55.6 Å². The van der Waals surface area contributed by atoms with E-state index in [1.807, 2.05) is 12.1 Å². The molecule has 0 saturated carbocycles. The third-order valence-corrected chi connectivity index (χ3v) is 6.81. The Morgan fingerprint density at radius 1 is 1.14 bits per heavy atom. The van der Waals surface area contributed by atoms with E-state index in [0.29, 0.717) is 23.0 Å². The topological polar surface area (TPSA) is 49.4 Å². The number of nitrogens with zero attached hydrogens (tertiary/aromatic N) is 1. The molecule has 2 bridgehead atoms. The van der Waals surface area contributed by atoms with Crippen LogP contribution >= 0.6 is 0 Å².